The van der Waals surface area contributed by atoms with Crippen molar-refractivity contribution in [1.82, 2.24) is 0 Å². The highest BCUT2D eigenvalue weighted by Gasteiger charge is 2.50. The van der Waals surface area contributed by atoms with Crippen molar-refractivity contribution in [3.63, 3.8) is 0 Å². The summed E-state index contributed by atoms with van der Waals surface area (Å²) in [6.45, 7) is -0.447. The second-order valence-corrected chi connectivity index (χ2v) is 8.90. The van der Waals surface area contributed by atoms with Crippen LogP contribution in [0.3, 0.4) is 0 Å². The molecule has 14 heteroatoms. The van der Waals surface area contributed by atoms with E-state index >= 15 is 0 Å². The van der Waals surface area contributed by atoms with E-state index in [2.05, 4.69) is 0 Å². The Morgan fingerprint density at radius 1 is 0.846 bits per heavy atom. The first kappa shape index (κ1) is 28.4. The molecule has 39 heavy (non-hydrogen) atoms. The summed E-state index contributed by atoms with van der Waals surface area (Å²) >= 11 is 0. The molecule has 1 aliphatic rings. The SMILES string of the molecule is COc1cc(-c2cc(=O)c3c(O)cc(OC4OCC(C(O)O)C(C(O)O)C4C(O)O)cc3o2)cc(OC)c1O. The van der Waals surface area contributed by atoms with Crippen molar-refractivity contribution in [2.24, 2.45) is 17.8 Å². The molecule has 1 aromatic heterocycles. The van der Waals surface area contributed by atoms with Crippen molar-refractivity contribution in [3.05, 3.63) is 40.6 Å². The first-order chi connectivity index (χ1) is 18.5. The molecule has 1 aliphatic heterocycles. The lowest BCUT2D eigenvalue weighted by atomic mass is 9.78. The van der Waals surface area contributed by atoms with Gasteiger partial charge >= 0.3 is 0 Å². The fourth-order valence-corrected chi connectivity index (χ4v) is 4.68. The molecule has 0 aliphatic carbocycles. The highest BCUT2D eigenvalue weighted by Crippen LogP contribution is 2.42. The summed E-state index contributed by atoms with van der Waals surface area (Å²) in [6.07, 6.45) is -8.04. The summed E-state index contributed by atoms with van der Waals surface area (Å²) in [7, 11) is 2.65. The average molecular weight is 552 g/mol. The van der Waals surface area contributed by atoms with Gasteiger partial charge in [-0.15, -0.1) is 0 Å². The average Bonchev–Trinajstić information content (AvgIpc) is 2.87. The van der Waals surface area contributed by atoms with Crippen LogP contribution in [0.15, 0.2) is 39.5 Å². The minimum absolute atomic E-state index is 0.0152. The van der Waals surface area contributed by atoms with Gasteiger partial charge in [-0.1, -0.05) is 0 Å². The molecule has 4 rings (SSSR count). The minimum atomic E-state index is -2.23. The number of rotatable bonds is 8. The van der Waals surface area contributed by atoms with Gasteiger partial charge in [0.15, 0.2) is 35.8 Å². The zero-order chi connectivity index (χ0) is 28.6. The summed E-state index contributed by atoms with van der Waals surface area (Å²) in [4.78, 5) is 12.9. The third kappa shape index (κ3) is 5.44. The molecule has 0 radical (unpaired) electrons. The molecule has 4 unspecified atom stereocenters. The zero-order valence-electron chi connectivity index (χ0n) is 20.7. The largest absolute Gasteiger partial charge is 0.507 e. The summed E-state index contributed by atoms with van der Waals surface area (Å²) in [5, 5.41) is 79.3. The van der Waals surface area contributed by atoms with Crippen LogP contribution in [0.5, 0.6) is 28.7 Å². The fraction of sp³-hybridized carbons (Fsp3) is 0.400. The maximum absolute atomic E-state index is 12.9. The Kier molecular flexibility index (Phi) is 8.17. The summed E-state index contributed by atoms with van der Waals surface area (Å²) < 4.78 is 27.2. The molecule has 0 spiro atoms. The van der Waals surface area contributed by atoms with Gasteiger partial charge in [0.2, 0.25) is 12.0 Å². The van der Waals surface area contributed by atoms with Crippen molar-refractivity contribution in [2.45, 2.75) is 25.2 Å². The molecule has 212 valence electrons. The maximum atomic E-state index is 12.9. The number of aliphatic hydroxyl groups is 6. The number of aliphatic hydroxyl groups excluding tert-OH is 3. The van der Waals surface area contributed by atoms with E-state index in [4.69, 9.17) is 23.4 Å². The van der Waals surface area contributed by atoms with Crippen LogP contribution in [-0.2, 0) is 4.74 Å². The summed E-state index contributed by atoms with van der Waals surface area (Å²) in [5.41, 5.74) is -0.473. The number of phenols is 2. The van der Waals surface area contributed by atoms with Crippen molar-refractivity contribution in [3.8, 4) is 40.1 Å². The molecule has 0 saturated carbocycles. The minimum Gasteiger partial charge on any atom is -0.507 e. The zero-order valence-corrected chi connectivity index (χ0v) is 20.7. The Morgan fingerprint density at radius 3 is 2.00 bits per heavy atom. The number of hydrogen-bond acceptors (Lipinski definition) is 14. The number of hydrogen-bond donors (Lipinski definition) is 8. The Bertz CT molecular complexity index is 1360. The lowest BCUT2D eigenvalue weighted by Gasteiger charge is -2.44. The highest BCUT2D eigenvalue weighted by molar-refractivity contribution is 5.86. The second-order valence-electron chi connectivity index (χ2n) is 8.90. The third-order valence-corrected chi connectivity index (χ3v) is 6.58. The third-order valence-electron chi connectivity index (χ3n) is 6.58. The van der Waals surface area contributed by atoms with Gasteiger partial charge in [-0.2, -0.15) is 0 Å². The first-order valence-corrected chi connectivity index (χ1v) is 11.6. The monoisotopic (exact) mass is 552 g/mol. The topological polar surface area (TPSA) is 229 Å². The molecule has 1 fully saturated rings. The number of fused-ring (bicyclic) bond motifs is 1. The van der Waals surface area contributed by atoms with Gasteiger partial charge < -0.3 is 64.2 Å². The molecule has 8 N–H and O–H groups in total. The van der Waals surface area contributed by atoms with Crippen LogP contribution in [0, 0.1) is 17.8 Å². The Hall–Kier alpha value is -3.63. The van der Waals surface area contributed by atoms with Crippen molar-refractivity contribution < 1.29 is 64.2 Å². The van der Waals surface area contributed by atoms with Gasteiger partial charge in [0.05, 0.1) is 26.7 Å². The van der Waals surface area contributed by atoms with Crippen molar-refractivity contribution in [2.75, 3.05) is 20.8 Å². The van der Waals surface area contributed by atoms with Gasteiger partial charge in [-0.05, 0) is 12.1 Å². The lowest BCUT2D eigenvalue weighted by Crippen LogP contribution is -2.56. The van der Waals surface area contributed by atoms with Crippen LogP contribution in [0.1, 0.15) is 0 Å². The molecule has 0 bridgehead atoms. The molecule has 0 amide bonds. The molecule has 1 saturated heterocycles. The quantitative estimate of drug-likeness (QED) is 0.163. The molecular weight excluding hydrogens is 524 g/mol. The van der Waals surface area contributed by atoms with Crippen molar-refractivity contribution >= 4 is 11.0 Å². The number of methoxy groups -OCH3 is 2. The normalized spacial score (nSPS) is 21.6. The van der Waals surface area contributed by atoms with E-state index < -0.39 is 60.7 Å². The molecule has 14 nitrogen and oxygen atoms in total. The van der Waals surface area contributed by atoms with E-state index in [1.165, 1.54) is 32.4 Å². The van der Waals surface area contributed by atoms with Crippen LogP contribution in [0.25, 0.3) is 22.3 Å². The molecule has 4 atom stereocenters. The van der Waals surface area contributed by atoms with E-state index in [0.717, 1.165) is 12.1 Å². The fourth-order valence-electron chi connectivity index (χ4n) is 4.68. The van der Waals surface area contributed by atoms with Crippen LogP contribution in [-0.4, -0.2) is 86.8 Å². The van der Waals surface area contributed by atoms with Crippen LogP contribution < -0.4 is 19.6 Å². The van der Waals surface area contributed by atoms with Gasteiger partial charge in [-0.25, -0.2) is 0 Å². The van der Waals surface area contributed by atoms with E-state index in [0.29, 0.717) is 5.56 Å². The Labute approximate surface area is 220 Å². The molecule has 3 aromatic rings. The van der Waals surface area contributed by atoms with Gasteiger partial charge in [0.25, 0.3) is 0 Å². The predicted octanol–water partition coefficient (Wildman–Crippen LogP) is -0.596. The van der Waals surface area contributed by atoms with Crippen LogP contribution >= 0.6 is 0 Å². The van der Waals surface area contributed by atoms with E-state index in [1.807, 2.05) is 0 Å². The van der Waals surface area contributed by atoms with Gasteiger partial charge in [0.1, 0.15) is 28.2 Å². The smallest absolute Gasteiger partial charge is 0.208 e. The standard InChI is InChI=1S/C25H28O14/c1-35-16-3-9(4-17(36-2)21(16)28)14-7-13(27)19-12(26)5-10(6-15(19)39-14)38-25-20(24(33)34)18(23(31)32)11(8-37-25)22(29)30/h3-7,11,18,20,22-26,28-34H,8H2,1-2H3. The maximum Gasteiger partial charge on any atom is 0.208 e. The van der Waals surface area contributed by atoms with Crippen molar-refractivity contribution in [1.29, 1.82) is 0 Å². The number of benzene rings is 2. The Balaban J connectivity index is 1.75. The van der Waals surface area contributed by atoms with Gasteiger partial charge in [-0.3, -0.25) is 4.79 Å². The first-order valence-electron chi connectivity index (χ1n) is 11.6. The lowest BCUT2D eigenvalue weighted by molar-refractivity contribution is -0.300. The van der Waals surface area contributed by atoms with E-state index in [1.54, 1.807) is 0 Å². The molecule has 2 aromatic carbocycles. The van der Waals surface area contributed by atoms with Gasteiger partial charge in [0, 0.05) is 35.6 Å². The molecule has 2 heterocycles. The number of aromatic hydroxyl groups is 2. The van der Waals surface area contributed by atoms with Crippen LogP contribution in [0.4, 0.5) is 0 Å². The van der Waals surface area contributed by atoms with E-state index in [-0.39, 0.29) is 39.7 Å². The Morgan fingerprint density at radius 2 is 1.46 bits per heavy atom. The molecular formula is C25H28O14. The highest BCUT2D eigenvalue weighted by atomic mass is 16.7. The second kappa shape index (κ2) is 11.2. The predicted molar refractivity (Wildman–Crippen MR) is 130 cm³/mol. The number of phenolic OH excluding ortho intramolecular Hbond substituents is 2. The van der Waals surface area contributed by atoms with Crippen LogP contribution in [0.2, 0.25) is 0 Å². The van der Waals surface area contributed by atoms with E-state index in [9.17, 15) is 45.6 Å². The summed E-state index contributed by atoms with van der Waals surface area (Å²) in [5.74, 6) is -5.21. The number of ether oxygens (including phenoxy) is 4. The summed E-state index contributed by atoms with van der Waals surface area (Å²) in [6, 6.07) is 6.18.